The first-order valence-electron chi connectivity index (χ1n) is 11.9. The van der Waals surface area contributed by atoms with Crippen LogP contribution in [0, 0.1) is 0 Å². The molecule has 3 saturated heterocycles. The van der Waals surface area contributed by atoms with Gasteiger partial charge in [0.1, 0.15) is 12.2 Å². The predicted molar refractivity (Wildman–Crippen MR) is 115 cm³/mol. The van der Waals surface area contributed by atoms with Crippen LogP contribution in [0.25, 0.3) is 0 Å². The number of carbonyl (C=O) groups excluding carboxylic acids is 1. The molecule has 7 heteroatoms. The first-order chi connectivity index (χ1) is 14.0. The van der Waals surface area contributed by atoms with Crippen molar-refractivity contribution in [2.24, 2.45) is 0 Å². The van der Waals surface area contributed by atoms with Gasteiger partial charge in [-0.15, -0.1) is 0 Å². The number of unbranched alkanes of at least 4 members (excludes halogenated alkanes) is 9. The highest BCUT2D eigenvalue weighted by atomic mass is 28.4. The second-order valence-corrected chi connectivity index (χ2v) is 13.5. The first kappa shape index (κ1) is 23.2. The van der Waals surface area contributed by atoms with E-state index in [0.717, 1.165) is 12.8 Å². The zero-order valence-electron chi connectivity index (χ0n) is 18.9. The number of rotatable bonds is 13. The zero-order chi connectivity index (χ0) is 20.9. The fourth-order valence-electron chi connectivity index (χ4n) is 5.31. The summed E-state index contributed by atoms with van der Waals surface area (Å²) in [6, 6.07) is 0. The molecule has 3 fully saturated rings. The molecule has 0 aromatic carbocycles. The Morgan fingerprint density at radius 1 is 1.03 bits per heavy atom. The standard InChI is InChI=1S/C22H41NO5Si/c1-5-7-8-9-10-11-12-13-14-15-16-18-20-22(21(24)25-6-2)19(29(3,4)28-20)17-26-23(22)27-18/h18-20H,5-17H2,1-4H3/t18-,19-,20+,22+/m1/s1. The van der Waals surface area contributed by atoms with E-state index in [4.69, 9.17) is 18.8 Å². The number of hydrogen-bond acceptors (Lipinski definition) is 6. The number of hydroxylamine groups is 2. The predicted octanol–water partition coefficient (Wildman–Crippen LogP) is 5.13. The van der Waals surface area contributed by atoms with E-state index in [0.29, 0.717) is 13.2 Å². The van der Waals surface area contributed by atoms with Crippen molar-refractivity contribution >= 4 is 14.3 Å². The smallest absolute Gasteiger partial charge is 0.334 e. The van der Waals surface area contributed by atoms with Gasteiger partial charge in [-0.3, -0.25) is 9.68 Å². The molecule has 0 bridgehead atoms. The quantitative estimate of drug-likeness (QED) is 0.231. The van der Waals surface area contributed by atoms with Crippen molar-refractivity contribution in [3.63, 3.8) is 0 Å². The molecule has 168 valence electrons. The lowest BCUT2D eigenvalue weighted by Crippen LogP contribution is -2.54. The fourth-order valence-corrected chi connectivity index (χ4v) is 8.38. The molecule has 0 N–H and O–H groups in total. The van der Waals surface area contributed by atoms with Crippen LogP contribution >= 0.6 is 0 Å². The maximum atomic E-state index is 13.0. The van der Waals surface area contributed by atoms with Crippen molar-refractivity contribution in [1.29, 1.82) is 0 Å². The van der Waals surface area contributed by atoms with E-state index in [1.165, 1.54) is 63.0 Å². The molecule has 0 spiro atoms. The summed E-state index contributed by atoms with van der Waals surface area (Å²) in [7, 11) is -2.06. The van der Waals surface area contributed by atoms with Crippen LogP contribution in [0.1, 0.15) is 84.5 Å². The Bertz CT molecular complexity index is 545. The molecule has 0 saturated carbocycles. The molecular weight excluding hydrogens is 386 g/mol. The number of carbonyl (C=O) groups is 1. The molecule has 3 heterocycles. The lowest BCUT2D eigenvalue weighted by atomic mass is 9.86. The number of nitrogens with zero attached hydrogens (tertiary/aromatic N) is 1. The van der Waals surface area contributed by atoms with Crippen LogP contribution in [0.3, 0.4) is 0 Å². The third kappa shape index (κ3) is 4.59. The number of ether oxygens (including phenoxy) is 1. The van der Waals surface area contributed by atoms with Gasteiger partial charge in [0.2, 0.25) is 5.54 Å². The molecule has 0 amide bonds. The Kier molecular flexibility index (Phi) is 8.18. The highest BCUT2D eigenvalue weighted by Crippen LogP contribution is 2.58. The molecule has 3 aliphatic rings. The van der Waals surface area contributed by atoms with Crippen LogP contribution < -0.4 is 0 Å². The van der Waals surface area contributed by atoms with Crippen LogP contribution in [-0.2, 0) is 23.6 Å². The summed E-state index contributed by atoms with van der Waals surface area (Å²) in [4.78, 5) is 24.9. The van der Waals surface area contributed by atoms with Gasteiger partial charge < -0.3 is 9.16 Å². The molecule has 0 unspecified atom stereocenters. The Morgan fingerprint density at radius 3 is 2.28 bits per heavy atom. The molecule has 0 aromatic rings. The summed E-state index contributed by atoms with van der Waals surface area (Å²) in [5, 5.41) is 1.46. The van der Waals surface area contributed by atoms with Gasteiger partial charge in [0.05, 0.1) is 13.2 Å². The fraction of sp³-hybridized carbons (Fsp3) is 0.955. The van der Waals surface area contributed by atoms with Crippen LogP contribution in [0.15, 0.2) is 0 Å². The van der Waals surface area contributed by atoms with Crippen LogP contribution in [0.5, 0.6) is 0 Å². The maximum Gasteiger partial charge on any atom is 0.334 e. The van der Waals surface area contributed by atoms with Gasteiger partial charge in [-0.2, -0.15) is 0 Å². The summed E-state index contributed by atoms with van der Waals surface area (Å²) >= 11 is 0. The van der Waals surface area contributed by atoms with Gasteiger partial charge in [0, 0.05) is 5.54 Å². The molecule has 0 aromatic heterocycles. The van der Waals surface area contributed by atoms with Crippen molar-refractivity contribution in [2.75, 3.05) is 13.2 Å². The average molecular weight is 428 g/mol. The normalized spacial score (nSPS) is 32.6. The summed E-state index contributed by atoms with van der Waals surface area (Å²) in [6.45, 7) is 9.32. The van der Waals surface area contributed by atoms with Gasteiger partial charge in [0.15, 0.2) is 8.32 Å². The average Bonchev–Trinajstić information content (AvgIpc) is 3.28. The summed E-state index contributed by atoms with van der Waals surface area (Å²) < 4.78 is 12.0. The summed E-state index contributed by atoms with van der Waals surface area (Å²) in [5.74, 6) is -0.240. The third-order valence-corrected chi connectivity index (χ3v) is 10.1. The van der Waals surface area contributed by atoms with E-state index in [1.54, 1.807) is 0 Å². The molecule has 0 aliphatic carbocycles. The SMILES string of the molecule is CCCCCCCCCCCC[C@H]1ON2OC[C@@H]3[C@@]2(C(=O)OCC)[C@H]1O[Si]3(C)C. The summed E-state index contributed by atoms with van der Waals surface area (Å²) in [6.07, 6.45) is 13.6. The van der Waals surface area contributed by atoms with Crippen molar-refractivity contribution in [2.45, 2.75) is 121 Å². The first-order valence-corrected chi connectivity index (χ1v) is 14.9. The van der Waals surface area contributed by atoms with Crippen molar-refractivity contribution in [3.05, 3.63) is 0 Å². The number of hydrogen-bond donors (Lipinski definition) is 0. The van der Waals surface area contributed by atoms with E-state index in [9.17, 15) is 4.79 Å². The van der Waals surface area contributed by atoms with Gasteiger partial charge in [-0.1, -0.05) is 71.1 Å². The molecular formula is C22H41NO5Si. The van der Waals surface area contributed by atoms with Crippen molar-refractivity contribution in [1.82, 2.24) is 5.23 Å². The van der Waals surface area contributed by atoms with E-state index in [2.05, 4.69) is 20.0 Å². The van der Waals surface area contributed by atoms with Crippen LogP contribution in [0.4, 0.5) is 0 Å². The van der Waals surface area contributed by atoms with E-state index in [1.807, 2.05) is 6.92 Å². The van der Waals surface area contributed by atoms with E-state index in [-0.39, 0.29) is 23.7 Å². The third-order valence-electron chi connectivity index (χ3n) is 6.91. The van der Waals surface area contributed by atoms with Gasteiger partial charge >= 0.3 is 5.97 Å². The minimum absolute atomic E-state index is 0.0526. The lowest BCUT2D eigenvalue weighted by molar-refractivity contribution is -0.355. The Hall–Kier alpha value is -0.473. The molecule has 3 rings (SSSR count). The zero-order valence-corrected chi connectivity index (χ0v) is 19.9. The van der Waals surface area contributed by atoms with Gasteiger partial charge in [-0.25, -0.2) is 4.79 Å². The van der Waals surface area contributed by atoms with Gasteiger partial charge in [-0.05, 0) is 31.7 Å². The summed E-state index contributed by atoms with van der Waals surface area (Å²) in [5.41, 5.74) is -0.841. The minimum atomic E-state index is -2.06. The van der Waals surface area contributed by atoms with E-state index >= 15 is 0 Å². The Balaban J connectivity index is 1.46. The monoisotopic (exact) mass is 427 g/mol. The number of esters is 1. The molecule has 6 nitrogen and oxygen atoms in total. The molecule has 3 aliphatic heterocycles. The second-order valence-electron chi connectivity index (χ2n) is 9.41. The molecule has 29 heavy (non-hydrogen) atoms. The second kappa shape index (κ2) is 10.2. The van der Waals surface area contributed by atoms with Crippen molar-refractivity contribution in [3.8, 4) is 0 Å². The van der Waals surface area contributed by atoms with Crippen molar-refractivity contribution < 1.29 is 23.6 Å². The minimum Gasteiger partial charge on any atom is -0.464 e. The molecule has 0 radical (unpaired) electrons. The largest absolute Gasteiger partial charge is 0.464 e. The van der Waals surface area contributed by atoms with Crippen LogP contribution in [0.2, 0.25) is 18.6 Å². The van der Waals surface area contributed by atoms with Crippen LogP contribution in [-0.4, -0.2) is 50.5 Å². The topological polar surface area (TPSA) is 57.2 Å². The Labute approximate surface area is 177 Å². The highest BCUT2D eigenvalue weighted by molar-refractivity contribution is 6.74. The van der Waals surface area contributed by atoms with E-state index < -0.39 is 13.9 Å². The Morgan fingerprint density at radius 2 is 1.66 bits per heavy atom. The highest BCUT2D eigenvalue weighted by Gasteiger charge is 2.78. The lowest BCUT2D eigenvalue weighted by Gasteiger charge is -2.28. The maximum absolute atomic E-state index is 13.0. The molecule has 4 atom stereocenters. The van der Waals surface area contributed by atoms with Gasteiger partial charge in [0.25, 0.3) is 0 Å².